The molecule has 1 aromatic heterocycles. The maximum atomic E-state index is 13.1. The zero-order valence-electron chi connectivity index (χ0n) is 16.8. The number of H-pyrrole nitrogens is 1. The van der Waals surface area contributed by atoms with E-state index in [2.05, 4.69) is 54.9 Å². The summed E-state index contributed by atoms with van der Waals surface area (Å²) < 4.78 is 0. The minimum Gasteiger partial charge on any atom is -0.342 e. The van der Waals surface area contributed by atoms with Gasteiger partial charge >= 0.3 is 0 Å². The molecule has 4 heteroatoms. The Kier molecular flexibility index (Phi) is 5.69. The molecule has 1 atom stereocenters. The summed E-state index contributed by atoms with van der Waals surface area (Å²) in [5.74, 6) is 0.349. The molecule has 0 bridgehead atoms. The van der Waals surface area contributed by atoms with Crippen LogP contribution in [0.15, 0.2) is 18.3 Å². The van der Waals surface area contributed by atoms with Gasteiger partial charge in [0.05, 0.1) is 11.7 Å². The number of carbonyl (C=O) groups is 1. The molecule has 0 saturated carbocycles. The third-order valence-corrected chi connectivity index (χ3v) is 6.08. The lowest BCUT2D eigenvalue weighted by Crippen LogP contribution is -2.36. The molecular weight excluding hydrogens is 322 g/mol. The Hall–Kier alpha value is -1.84. The minimum absolute atomic E-state index is 0.0257. The first-order valence-corrected chi connectivity index (χ1v) is 10.2. The van der Waals surface area contributed by atoms with Gasteiger partial charge in [0.15, 0.2) is 0 Å². The fourth-order valence-electron chi connectivity index (χ4n) is 4.90. The highest BCUT2D eigenvalue weighted by Crippen LogP contribution is 2.40. The number of benzene rings is 1. The lowest BCUT2D eigenvalue weighted by atomic mass is 9.78. The zero-order valence-corrected chi connectivity index (χ0v) is 16.8. The molecule has 1 fully saturated rings. The molecule has 1 saturated heterocycles. The number of rotatable bonds is 7. The van der Waals surface area contributed by atoms with Gasteiger partial charge in [0, 0.05) is 24.4 Å². The van der Waals surface area contributed by atoms with E-state index in [0.29, 0.717) is 11.3 Å². The molecule has 1 unspecified atom stereocenters. The van der Waals surface area contributed by atoms with Crippen LogP contribution in [0.3, 0.4) is 0 Å². The second kappa shape index (κ2) is 7.81. The summed E-state index contributed by atoms with van der Waals surface area (Å²) in [6, 6.07) is 4.35. The van der Waals surface area contributed by atoms with E-state index < -0.39 is 0 Å². The second-order valence-electron chi connectivity index (χ2n) is 8.36. The van der Waals surface area contributed by atoms with Crippen LogP contribution in [-0.4, -0.2) is 34.1 Å². The molecule has 2 aromatic rings. The Morgan fingerprint density at radius 1 is 1.31 bits per heavy atom. The van der Waals surface area contributed by atoms with E-state index in [9.17, 15) is 4.79 Å². The van der Waals surface area contributed by atoms with Crippen LogP contribution in [0.4, 0.5) is 0 Å². The minimum atomic E-state index is 0.0257. The monoisotopic (exact) mass is 355 g/mol. The smallest absolute Gasteiger partial charge is 0.225 e. The molecule has 26 heavy (non-hydrogen) atoms. The number of aromatic nitrogens is 2. The summed E-state index contributed by atoms with van der Waals surface area (Å²) in [7, 11) is 0. The van der Waals surface area contributed by atoms with Gasteiger partial charge in [-0.1, -0.05) is 39.7 Å². The normalized spacial score (nSPS) is 17.8. The van der Waals surface area contributed by atoms with E-state index in [-0.39, 0.29) is 5.92 Å². The molecule has 0 spiro atoms. The SMILES string of the molecule is CCCC1(CCC)CCN(C(=O)C(C)Cc2cc(C)c3[nH]ncc3c2)C1. The molecule has 3 rings (SSSR count). The zero-order chi connectivity index (χ0) is 18.7. The number of aromatic amines is 1. The van der Waals surface area contributed by atoms with Crippen LogP contribution in [0.25, 0.3) is 10.9 Å². The highest BCUT2D eigenvalue weighted by Gasteiger charge is 2.39. The van der Waals surface area contributed by atoms with Crippen molar-refractivity contribution in [3.05, 3.63) is 29.5 Å². The second-order valence-corrected chi connectivity index (χ2v) is 8.36. The largest absolute Gasteiger partial charge is 0.342 e. The van der Waals surface area contributed by atoms with Gasteiger partial charge in [0.1, 0.15) is 0 Å². The number of nitrogens with zero attached hydrogens (tertiary/aromatic N) is 2. The van der Waals surface area contributed by atoms with Gasteiger partial charge in [-0.15, -0.1) is 0 Å². The fourth-order valence-corrected chi connectivity index (χ4v) is 4.90. The van der Waals surface area contributed by atoms with Crippen molar-refractivity contribution < 1.29 is 4.79 Å². The van der Waals surface area contributed by atoms with Gasteiger partial charge in [-0.05, 0) is 55.2 Å². The number of amides is 1. The molecule has 1 aliphatic rings. The van der Waals surface area contributed by atoms with Crippen molar-refractivity contribution in [3.8, 4) is 0 Å². The van der Waals surface area contributed by atoms with Crippen LogP contribution in [0.1, 0.15) is 64.0 Å². The molecule has 142 valence electrons. The van der Waals surface area contributed by atoms with Gasteiger partial charge in [-0.3, -0.25) is 9.89 Å². The number of likely N-dealkylation sites (tertiary alicyclic amines) is 1. The predicted molar refractivity (Wildman–Crippen MR) is 107 cm³/mol. The Balaban J connectivity index is 1.67. The van der Waals surface area contributed by atoms with Crippen LogP contribution in [0.5, 0.6) is 0 Å². The fraction of sp³-hybridized carbons (Fsp3) is 0.636. The van der Waals surface area contributed by atoms with Gasteiger partial charge in [0.2, 0.25) is 5.91 Å². The highest BCUT2D eigenvalue weighted by atomic mass is 16.2. The predicted octanol–water partition coefficient (Wildman–Crippen LogP) is 4.87. The number of hydrogen-bond donors (Lipinski definition) is 1. The maximum absolute atomic E-state index is 13.1. The molecular formula is C22H33N3O. The first-order chi connectivity index (χ1) is 12.5. The number of carbonyl (C=O) groups excluding carboxylic acids is 1. The molecule has 1 aromatic carbocycles. The van der Waals surface area contributed by atoms with E-state index >= 15 is 0 Å². The third kappa shape index (κ3) is 3.79. The van der Waals surface area contributed by atoms with Gasteiger partial charge in [-0.2, -0.15) is 5.10 Å². The van der Waals surface area contributed by atoms with Gasteiger partial charge in [0.25, 0.3) is 0 Å². The highest BCUT2D eigenvalue weighted by molar-refractivity contribution is 5.83. The summed E-state index contributed by atoms with van der Waals surface area (Å²) in [5.41, 5.74) is 3.88. The van der Waals surface area contributed by atoms with Crippen LogP contribution >= 0.6 is 0 Å². The number of nitrogens with one attached hydrogen (secondary N) is 1. The summed E-state index contributed by atoms with van der Waals surface area (Å²) >= 11 is 0. The number of hydrogen-bond acceptors (Lipinski definition) is 2. The lowest BCUT2D eigenvalue weighted by Gasteiger charge is -2.29. The van der Waals surface area contributed by atoms with E-state index in [1.54, 1.807) is 0 Å². The van der Waals surface area contributed by atoms with E-state index in [1.807, 2.05) is 6.20 Å². The molecule has 1 N–H and O–H groups in total. The van der Waals surface area contributed by atoms with E-state index in [1.165, 1.54) is 43.2 Å². The van der Waals surface area contributed by atoms with Crippen LogP contribution in [-0.2, 0) is 11.2 Å². The van der Waals surface area contributed by atoms with Gasteiger partial charge in [-0.25, -0.2) is 0 Å². The average molecular weight is 356 g/mol. The first kappa shape index (κ1) is 18.9. The summed E-state index contributed by atoms with van der Waals surface area (Å²) in [5, 5.41) is 8.31. The van der Waals surface area contributed by atoms with Crippen LogP contribution in [0, 0.1) is 18.3 Å². The summed E-state index contributed by atoms with van der Waals surface area (Å²) in [6.07, 6.45) is 8.75. The van der Waals surface area contributed by atoms with Crippen LogP contribution in [0.2, 0.25) is 0 Å². The third-order valence-electron chi connectivity index (χ3n) is 6.08. The Morgan fingerprint density at radius 2 is 2.04 bits per heavy atom. The van der Waals surface area contributed by atoms with Crippen molar-refractivity contribution in [1.29, 1.82) is 0 Å². The average Bonchev–Trinajstić information content (AvgIpc) is 3.22. The maximum Gasteiger partial charge on any atom is 0.225 e. The van der Waals surface area contributed by atoms with E-state index in [0.717, 1.165) is 30.4 Å². The Bertz CT molecular complexity index is 758. The van der Waals surface area contributed by atoms with Crippen molar-refractivity contribution in [1.82, 2.24) is 15.1 Å². The molecule has 0 aliphatic carbocycles. The topological polar surface area (TPSA) is 49.0 Å². The molecule has 1 aliphatic heterocycles. The standard InChI is InChI=1S/C22H33N3O/c1-5-7-22(8-6-2)9-10-25(15-22)21(26)17(4)12-18-11-16(3)20-19(13-18)14-23-24-20/h11,13-14,17H,5-10,12,15H2,1-4H3,(H,23,24). The first-order valence-electron chi connectivity index (χ1n) is 10.2. The number of aryl methyl sites for hydroxylation is 1. The van der Waals surface area contributed by atoms with Crippen molar-refractivity contribution in [3.63, 3.8) is 0 Å². The molecule has 0 radical (unpaired) electrons. The number of fused-ring (bicyclic) bond motifs is 1. The van der Waals surface area contributed by atoms with Gasteiger partial charge < -0.3 is 4.90 Å². The van der Waals surface area contributed by atoms with E-state index in [4.69, 9.17) is 0 Å². The van der Waals surface area contributed by atoms with Crippen LogP contribution < -0.4 is 0 Å². The van der Waals surface area contributed by atoms with Crippen molar-refractivity contribution in [2.45, 2.75) is 66.2 Å². The molecule has 1 amide bonds. The van der Waals surface area contributed by atoms with Crippen molar-refractivity contribution in [2.24, 2.45) is 11.3 Å². The Morgan fingerprint density at radius 3 is 2.73 bits per heavy atom. The molecule has 2 heterocycles. The summed E-state index contributed by atoms with van der Waals surface area (Å²) in [6.45, 7) is 10.6. The lowest BCUT2D eigenvalue weighted by molar-refractivity contribution is -0.134. The van der Waals surface area contributed by atoms with Crippen molar-refractivity contribution in [2.75, 3.05) is 13.1 Å². The van der Waals surface area contributed by atoms with Crippen molar-refractivity contribution >= 4 is 16.8 Å². The molecule has 4 nitrogen and oxygen atoms in total. The Labute approximate surface area is 157 Å². The quantitative estimate of drug-likeness (QED) is 0.770. The summed E-state index contributed by atoms with van der Waals surface area (Å²) in [4.78, 5) is 15.2.